The van der Waals surface area contributed by atoms with Crippen LogP contribution in [0.5, 0.6) is 0 Å². The largest absolute Gasteiger partial charge is 0.322 e. The maximum Gasteiger partial charge on any atom is 0.258 e. The minimum absolute atomic E-state index is 0.00304. The van der Waals surface area contributed by atoms with Crippen LogP contribution in [-0.4, -0.2) is 18.4 Å². The minimum atomic E-state index is -0.136. The van der Waals surface area contributed by atoms with E-state index in [2.05, 4.69) is 5.32 Å². The molecule has 3 aromatic carbocycles. The van der Waals surface area contributed by atoms with Crippen LogP contribution in [0.2, 0.25) is 0 Å². The number of aryl methyl sites for hydroxylation is 4. The highest BCUT2D eigenvalue weighted by Gasteiger charge is 2.24. The fourth-order valence-electron chi connectivity index (χ4n) is 3.82. The average Bonchev–Trinajstić information content (AvgIpc) is 2.75. The van der Waals surface area contributed by atoms with Crippen molar-refractivity contribution >= 4 is 23.2 Å². The van der Waals surface area contributed by atoms with Gasteiger partial charge in [0.1, 0.15) is 0 Å². The molecule has 4 rings (SSSR count). The Morgan fingerprint density at radius 2 is 1.57 bits per heavy atom. The van der Waals surface area contributed by atoms with E-state index in [0.29, 0.717) is 17.7 Å². The Bertz CT molecular complexity index is 1120. The highest BCUT2D eigenvalue weighted by molar-refractivity contribution is 6.08. The van der Waals surface area contributed by atoms with Gasteiger partial charge < -0.3 is 10.2 Å². The lowest BCUT2D eigenvalue weighted by Gasteiger charge is -2.30. The molecule has 0 fully saturated rings. The lowest BCUT2D eigenvalue weighted by molar-refractivity contribution is 0.0984. The van der Waals surface area contributed by atoms with Crippen molar-refractivity contribution in [3.63, 3.8) is 0 Å². The predicted molar refractivity (Wildman–Crippen MR) is 121 cm³/mol. The topological polar surface area (TPSA) is 49.4 Å². The zero-order valence-electron chi connectivity index (χ0n) is 17.7. The fourth-order valence-corrected chi connectivity index (χ4v) is 3.82. The maximum absolute atomic E-state index is 13.0. The SMILES string of the molecule is Cc1ccc(C(=O)N2CCCc3cc(C(=O)Nc4ccc(C)c(C)c4)ccc32)cc1. The number of carbonyl (C=O) groups is 2. The maximum atomic E-state index is 13.0. The molecular formula is C26H26N2O2. The molecule has 1 aliphatic heterocycles. The Balaban J connectivity index is 1.56. The van der Waals surface area contributed by atoms with Crippen molar-refractivity contribution in [3.05, 3.63) is 94.0 Å². The van der Waals surface area contributed by atoms with Gasteiger partial charge in [0.2, 0.25) is 0 Å². The van der Waals surface area contributed by atoms with Gasteiger partial charge in [-0.05, 0) is 92.8 Å². The number of anilines is 2. The summed E-state index contributed by atoms with van der Waals surface area (Å²) in [5, 5.41) is 2.98. The molecule has 2 amide bonds. The van der Waals surface area contributed by atoms with E-state index in [1.54, 1.807) is 6.07 Å². The van der Waals surface area contributed by atoms with Crippen LogP contribution in [0.4, 0.5) is 11.4 Å². The molecule has 0 atom stereocenters. The zero-order chi connectivity index (χ0) is 21.3. The van der Waals surface area contributed by atoms with Gasteiger partial charge in [-0.3, -0.25) is 9.59 Å². The summed E-state index contributed by atoms with van der Waals surface area (Å²) in [5.74, 6) is -0.133. The van der Waals surface area contributed by atoms with Crippen LogP contribution in [0.25, 0.3) is 0 Å². The summed E-state index contributed by atoms with van der Waals surface area (Å²) in [6, 6.07) is 19.2. The Hall–Kier alpha value is -3.40. The van der Waals surface area contributed by atoms with Crippen LogP contribution >= 0.6 is 0 Å². The first-order valence-electron chi connectivity index (χ1n) is 10.3. The standard InChI is InChI=1S/C26H26N2O2/c1-17-6-9-20(10-7-17)26(30)28-14-4-5-21-16-22(11-13-24(21)28)25(29)27-23-12-8-18(2)19(3)15-23/h6-13,15-16H,4-5,14H2,1-3H3,(H,27,29). The Kier molecular flexibility index (Phi) is 5.40. The lowest BCUT2D eigenvalue weighted by Crippen LogP contribution is -2.35. The quantitative estimate of drug-likeness (QED) is 0.637. The first-order valence-corrected chi connectivity index (χ1v) is 10.3. The van der Waals surface area contributed by atoms with Gasteiger partial charge in [0.15, 0.2) is 0 Å². The summed E-state index contributed by atoms with van der Waals surface area (Å²) in [6.07, 6.45) is 1.74. The smallest absolute Gasteiger partial charge is 0.258 e. The average molecular weight is 399 g/mol. The molecule has 152 valence electrons. The van der Waals surface area contributed by atoms with Crippen LogP contribution in [0, 0.1) is 20.8 Å². The molecular weight excluding hydrogens is 372 g/mol. The van der Waals surface area contributed by atoms with E-state index >= 15 is 0 Å². The summed E-state index contributed by atoms with van der Waals surface area (Å²) in [7, 11) is 0. The van der Waals surface area contributed by atoms with E-state index in [1.165, 1.54) is 5.56 Å². The molecule has 0 bridgehead atoms. The molecule has 1 N–H and O–H groups in total. The number of nitrogens with zero attached hydrogens (tertiary/aromatic N) is 1. The second-order valence-electron chi connectivity index (χ2n) is 8.02. The van der Waals surface area contributed by atoms with Gasteiger partial charge >= 0.3 is 0 Å². The van der Waals surface area contributed by atoms with Gasteiger partial charge in [-0.2, -0.15) is 0 Å². The van der Waals surface area contributed by atoms with Crippen LogP contribution in [0.15, 0.2) is 60.7 Å². The summed E-state index contributed by atoms with van der Waals surface area (Å²) in [6.45, 7) is 6.78. The fraction of sp³-hybridized carbons (Fsp3) is 0.231. The van der Waals surface area contributed by atoms with Gasteiger partial charge in [0.05, 0.1) is 0 Å². The van der Waals surface area contributed by atoms with Crippen molar-refractivity contribution < 1.29 is 9.59 Å². The molecule has 0 unspecified atom stereocenters. The van der Waals surface area contributed by atoms with Crippen LogP contribution < -0.4 is 10.2 Å². The molecule has 0 radical (unpaired) electrons. The molecule has 0 saturated carbocycles. The molecule has 3 aromatic rings. The van der Waals surface area contributed by atoms with Crippen molar-refractivity contribution in [2.24, 2.45) is 0 Å². The Labute approximate surface area is 177 Å². The molecule has 1 aliphatic rings. The number of nitrogens with one attached hydrogen (secondary N) is 1. The highest BCUT2D eigenvalue weighted by Crippen LogP contribution is 2.30. The van der Waals surface area contributed by atoms with Gasteiger partial charge in [0, 0.05) is 29.0 Å². The van der Waals surface area contributed by atoms with Crippen molar-refractivity contribution in [2.45, 2.75) is 33.6 Å². The third kappa shape index (κ3) is 3.99. The second-order valence-corrected chi connectivity index (χ2v) is 8.02. The van der Waals surface area contributed by atoms with E-state index in [1.807, 2.05) is 80.3 Å². The van der Waals surface area contributed by atoms with Crippen LogP contribution in [-0.2, 0) is 6.42 Å². The number of hydrogen-bond acceptors (Lipinski definition) is 2. The van der Waals surface area contributed by atoms with Crippen molar-refractivity contribution in [2.75, 3.05) is 16.8 Å². The van der Waals surface area contributed by atoms with Crippen LogP contribution in [0.1, 0.15) is 49.4 Å². The number of amides is 2. The van der Waals surface area contributed by atoms with E-state index in [9.17, 15) is 9.59 Å². The summed E-state index contributed by atoms with van der Waals surface area (Å²) in [5.41, 5.74) is 7.48. The van der Waals surface area contributed by atoms with Crippen molar-refractivity contribution in [1.29, 1.82) is 0 Å². The second kappa shape index (κ2) is 8.15. The number of benzene rings is 3. The first kappa shape index (κ1) is 19.9. The number of fused-ring (bicyclic) bond motifs is 1. The van der Waals surface area contributed by atoms with Gasteiger partial charge in [-0.15, -0.1) is 0 Å². The number of rotatable bonds is 3. The Morgan fingerprint density at radius 3 is 2.30 bits per heavy atom. The molecule has 0 saturated heterocycles. The van der Waals surface area contributed by atoms with Gasteiger partial charge in [0.25, 0.3) is 11.8 Å². The monoisotopic (exact) mass is 398 g/mol. The van der Waals surface area contributed by atoms with E-state index < -0.39 is 0 Å². The zero-order valence-corrected chi connectivity index (χ0v) is 17.7. The molecule has 4 nitrogen and oxygen atoms in total. The predicted octanol–water partition coefficient (Wildman–Crippen LogP) is 5.46. The summed E-state index contributed by atoms with van der Waals surface area (Å²) in [4.78, 5) is 27.6. The van der Waals surface area contributed by atoms with Crippen LogP contribution in [0.3, 0.4) is 0 Å². The molecule has 0 aromatic heterocycles. The van der Waals surface area contributed by atoms with Crippen molar-refractivity contribution in [1.82, 2.24) is 0 Å². The van der Waals surface area contributed by atoms with E-state index in [-0.39, 0.29) is 11.8 Å². The first-order chi connectivity index (χ1) is 14.4. The third-order valence-corrected chi connectivity index (χ3v) is 5.77. The number of hydrogen-bond donors (Lipinski definition) is 1. The lowest BCUT2D eigenvalue weighted by atomic mass is 9.98. The van der Waals surface area contributed by atoms with Gasteiger partial charge in [-0.25, -0.2) is 0 Å². The molecule has 4 heteroatoms. The number of carbonyl (C=O) groups excluding carboxylic acids is 2. The molecule has 0 aliphatic carbocycles. The molecule has 0 spiro atoms. The highest BCUT2D eigenvalue weighted by atomic mass is 16.2. The minimum Gasteiger partial charge on any atom is -0.322 e. The van der Waals surface area contributed by atoms with E-state index in [4.69, 9.17) is 0 Å². The van der Waals surface area contributed by atoms with E-state index in [0.717, 1.165) is 40.9 Å². The third-order valence-electron chi connectivity index (χ3n) is 5.77. The Morgan fingerprint density at radius 1 is 0.833 bits per heavy atom. The normalized spacial score (nSPS) is 13.0. The summed E-state index contributed by atoms with van der Waals surface area (Å²) < 4.78 is 0. The van der Waals surface area contributed by atoms with Crippen molar-refractivity contribution in [3.8, 4) is 0 Å². The molecule has 30 heavy (non-hydrogen) atoms. The van der Waals surface area contributed by atoms with Gasteiger partial charge in [-0.1, -0.05) is 23.8 Å². The molecule has 1 heterocycles. The summed E-state index contributed by atoms with van der Waals surface area (Å²) >= 11 is 0.